The van der Waals surface area contributed by atoms with Gasteiger partial charge in [0.15, 0.2) is 0 Å². The molecule has 1 rings (SSSR count). The van der Waals surface area contributed by atoms with Crippen LogP contribution in [0.4, 0.5) is 0 Å². The molecular formula is C18H38O8Si. The molecule has 0 bridgehead atoms. The molecule has 1 fully saturated rings. The van der Waals surface area contributed by atoms with Gasteiger partial charge in [-0.3, -0.25) is 0 Å². The molecule has 0 aromatic rings. The number of epoxide rings is 1. The van der Waals surface area contributed by atoms with Crippen molar-refractivity contribution < 1.29 is 37.0 Å². The Labute approximate surface area is 165 Å². The fraction of sp³-hybridized carbons (Fsp3) is 1.00. The van der Waals surface area contributed by atoms with E-state index in [-0.39, 0.29) is 12.7 Å². The van der Waals surface area contributed by atoms with Crippen molar-refractivity contribution in [2.75, 3.05) is 59.5 Å². The fourth-order valence-corrected chi connectivity index (χ4v) is 5.20. The van der Waals surface area contributed by atoms with Crippen LogP contribution in [0.25, 0.3) is 0 Å². The zero-order chi connectivity index (χ0) is 20.0. The molecule has 1 unspecified atom stereocenters. The molecule has 1 aliphatic heterocycles. The minimum absolute atomic E-state index is 0.0888. The van der Waals surface area contributed by atoms with E-state index in [1.807, 2.05) is 34.6 Å². The van der Waals surface area contributed by atoms with Crippen molar-refractivity contribution in [2.24, 2.45) is 0 Å². The van der Waals surface area contributed by atoms with Crippen LogP contribution in [0, 0.1) is 0 Å². The molecule has 162 valence electrons. The van der Waals surface area contributed by atoms with Gasteiger partial charge in [-0.1, -0.05) is 0 Å². The van der Waals surface area contributed by atoms with Crippen molar-refractivity contribution in [1.29, 1.82) is 0 Å². The second-order valence-electron chi connectivity index (χ2n) is 5.95. The van der Waals surface area contributed by atoms with Crippen LogP contribution in [0.15, 0.2) is 0 Å². The summed E-state index contributed by atoms with van der Waals surface area (Å²) in [7, 11) is -2.91. The van der Waals surface area contributed by atoms with E-state index in [1.165, 1.54) is 0 Å². The summed E-state index contributed by atoms with van der Waals surface area (Å²) in [4.78, 5) is 0. The van der Waals surface area contributed by atoms with E-state index >= 15 is 0 Å². The lowest BCUT2D eigenvalue weighted by atomic mass is 10.5. The van der Waals surface area contributed by atoms with E-state index in [1.54, 1.807) is 0 Å². The second-order valence-corrected chi connectivity index (χ2v) is 8.69. The third-order valence-corrected chi connectivity index (χ3v) is 6.77. The van der Waals surface area contributed by atoms with Gasteiger partial charge in [-0.2, -0.15) is 0 Å². The largest absolute Gasteiger partial charge is 0.501 e. The Balaban J connectivity index is 2.67. The van der Waals surface area contributed by atoms with Crippen molar-refractivity contribution in [3.8, 4) is 0 Å². The first-order valence-corrected chi connectivity index (χ1v) is 12.0. The highest BCUT2D eigenvalue weighted by Crippen LogP contribution is 2.24. The predicted molar refractivity (Wildman–Crippen MR) is 103 cm³/mol. The lowest BCUT2D eigenvalue weighted by molar-refractivity contribution is -0.387. The predicted octanol–water partition coefficient (Wildman–Crippen LogP) is 2.58. The van der Waals surface area contributed by atoms with Gasteiger partial charge >= 0.3 is 14.8 Å². The molecule has 1 aliphatic rings. The van der Waals surface area contributed by atoms with Crippen LogP contribution in [0.5, 0.6) is 0 Å². The third-order valence-electron chi connectivity index (χ3n) is 3.77. The maximum atomic E-state index is 6.21. The summed E-state index contributed by atoms with van der Waals surface area (Å²) in [6.45, 7) is 14.0. The molecule has 9 heteroatoms. The summed E-state index contributed by atoms with van der Waals surface area (Å²) in [6.07, 6.45) is 1.05. The van der Waals surface area contributed by atoms with Crippen LogP contribution in [-0.2, 0) is 37.0 Å². The average Bonchev–Trinajstić information content (AvgIpc) is 3.45. The Morgan fingerprint density at radius 1 is 0.852 bits per heavy atom. The Hall–Kier alpha value is -0.103. The first kappa shape index (κ1) is 24.9. The average molecular weight is 411 g/mol. The molecule has 8 nitrogen and oxygen atoms in total. The maximum Gasteiger partial charge on any atom is 0.501 e. The maximum absolute atomic E-state index is 6.21. The zero-order valence-electron chi connectivity index (χ0n) is 17.6. The van der Waals surface area contributed by atoms with Gasteiger partial charge in [0.2, 0.25) is 0 Å². The van der Waals surface area contributed by atoms with Crippen LogP contribution < -0.4 is 0 Å². The molecule has 0 aromatic heterocycles. The van der Waals surface area contributed by atoms with Gasteiger partial charge in [-0.05, 0) is 41.0 Å². The highest BCUT2D eigenvalue weighted by Gasteiger charge is 2.45. The van der Waals surface area contributed by atoms with E-state index in [2.05, 4.69) is 0 Å². The van der Waals surface area contributed by atoms with E-state index < -0.39 is 14.8 Å². The molecule has 0 radical (unpaired) electrons. The van der Waals surface area contributed by atoms with Gasteiger partial charge in [0.1, 0.15) is 12.7 Å². The second kappa shape index (κ2) is 14.0. The summed E-state index contributed by atoms with van der Waals surface area (Å²) in [5.41, 5.74) is 0. The molecule has 0 spiro atoms. The summed E-state index contributed by atoms with van der Waals surface area (Å²) in [5, 5.41) is 0. The SMILES string of the molecule is CCOC(CO[Si](CCCOCC1CO1)(OCC)OCC)(OCC)OCC. The molecule has 0 amide bonds. The summed E-state index contributed by atoms with van der Waals surface area (Å²) in [6, 6.07) is 0.653. The summed E-state index contributed by atoms with van der Waals surface area (Å²) >= 11 is 0. The molecule has 1 heterocycles. The van der Waals surface area contributed by atoms with Gasteiger partial charge in [0, 0.05) is 45.7 Å². The summed E-state index contributed by atoms with van der Waals surface area (Å²) < 4.78 is 46.2. The van der Waals surface area contributed by atoms with Gasteiger partial charge < -0.3 is 37.0 Å². The molecule has 0 N–H and O–H groups in total. The highest BCUT2D eigenvalue weighted by atomic mass is 28.4. The van der Waals surface area contributed by atoms with E-state index in [0.717, 1.165) is 13.0 Å². The van der Waals surface area contributed by atoms with Crippen LogP contribution in [0.1, 0.15) is 41.0 Å². The molecular weight excluding hydrogens is 372 g/mol. The van der Waals surface area contributed by atoms with Crippen LogP contribution in [0.2, 0.25) is 6.04 Å². The van der Waals surface area contributed by atoms with E-state index in [9.17, 15) is 0 Å². The Morgan fingerprint density at radius 2 is 1.41 bits per heavy atom. The van der Waals surface area contributed by atoms with Crippen molar-refractivity contribution in [2.45, 2.75) is 59.2 Å². The van der Waals surface area contributed by atoms with Crippen LogP contribution in [0.3, 0.4) is 0 Å². The lowest BCUT2D eigenvalue weighted by Gasteiger charge is -2.36. The van der Waals surface area contributed by atoms with Gasteiger partial charge in [0.05, 0.1) is 13.2 Å². The van der Waals surface area contributed by atoms with Gasteiger partial charge in [0.25, 0.3) is 0 Å². The minimum atomic E-state index is -2.91. The van der Waals surface area contributed by atoms with E-state index in [4.69, 9.17) is 37.0 Å². The first-order valence-electron chi connectivity index (χ1n) is 10.1. The molecule has 1 saturated heterocycles. The Bertz CT molecular complexity index is 344. The van der Waals surface area contributed by atoms with Crippen molar-refractivity contribution >= 4 is 8.80 Å². The number of rotatable bonds is 19. The normalized spacial score (nSPS) is 17.4. The Morgan fingerprint density at radius 3 is 1.85 bits per heavy atom. The zero-order valence-corrected chi connectivity index (χ0v) is 18.6. The van der Waals surface area contributed by atoms with Crippen molar-refractivity contribution in [3.05, 3.63) is 0 Å². The molecule has 1 atom stereocenters. The Kier molecular flexibility index (Phi) is 12.9. The van der Waals surface area contributed by atoms with Crippen LogP contribution in [-0.4, -0.2) is 80.3 Å². The fourth-order valence-electron chi connectivity index (χ4n) is 2.66. The number of hydrogen-bond donors (Lipinski definition) is 0. The van der Waals surface area contributed by atoms with Crippen LogP contribution >= 0.6 is 0 Å². The quantitative estimate of drug-likeness (QED) is 0.139. The molecule has 27 heavy (non-hydrogen) atoms. The summed E-state index contributed by atoms with van der Waals surface area (Å²) in [5.74, 6) is -1.25. The van der Waals surface area contributed by atoms with Gasteiger partial charge in [-0.25, -0.2) is 0 Å². The monoisotopic (exact) mass is 410 g/mol. The number of ether oxygens (including phenoxy) is 5. The number of hydrogen-bond acceptors (Lipinski definition) is 8. The van der Waals surface area contributed by atoms with Gasteiger partial charge in [-0.15, -0.1) is 0 Å². The van der Waals surface area contributed by atoms with E-state index in [0.29, 0.717) is 52.3 Å². The van der Waals surface area contributed by atoms with Crippen molar-refractivity contribution in [1.82, 2.24) is 0 Å². The van der Waals surface area contributed by atoms with Crippen molar-refractivity contribution in [3.63, 3.8) is 0 Å². The third kappa shape index (κ3) is 9.77. The highest BCUT2D eigenvalue weighted by molar-refractivity contribution is 6.60. The minimum Gasteiger partial charge on any atom is -0.379 e. The smallest absolute Gasteiger partial charge is 0.379 e. The first-order chi connectivity index (χ1) is 13.1. The molecule has 0 aliphatic carbocycles. The lowest BCUT2D eigenvalue weighted by Crippen LogP contribution is -2.52. The molecule has 0 saturated carbocycles. The standard InChI is InChI=1S/C18H38O8Si/c1-6-21-18(22-7-2,23-8-3)16-26-27(24-9-4,25-10-5)13-11-12-19-14-17-15-20-17/h17H,6-16H2,1-5H3. The topological polar surface area (TPSA) is 77.1 Å². The molecule has 0 aromatic carbocycles.